The van der Waals surface area contributed by atoms with Gasteiger partial charge in [-0.2, -0.15) is 0 Å². The molecule has 1 aliphatic rings. The van der Waals surface area contributed by atoms with Crippen molar-refractivity contribution in [2.75, 3.05) is 13.7 Å². The van der Waals surface area contributed by atoms with Crippen LogP contribution in [0.1, 0.15) is 42.9 Å². The Morgan fingerprint density at radius 2 is 2.08 bits per heavy atom. The van der Waals surface area contributed by atoms with Crippen molar-refractivity contribution in [1.29, 1.82) is 0 Å². The summed E-state index contributed by atoms with van der Waals surface area (Å²) in [5.74, 6) is -0.378. The molecular weight excluding hydrogens is 359 g/mol. The lowest BCUT2D eigenvalue weighted by atomic mass is 9.68. The summed E-state index contributed by atoms with van der Waals surface area (Å²) in [4.78, 5) is 0. The predicted octanol–water partition coefficient (Wildman–Crippen LogP) is 2.34. The number of rotatable bonds is 7. The SMILES string of the molecule is COCC1(c2ccc(CNS(=O)O)c(F)c2)CCC(n2cnnc2)CC1. The highest BCUT2D eigenvalue weighted by molar-refractivity contribution is 7.77. The zero-order valence-electron chi connectivity index (χ0n) is 14.6. The van der Waals surface area contributed by atoms with Crippen LogP contribution in [0.4, 0.5) is 4.39 Å². The van der Waals surface area contributed by atoms with Crippen LogP contribution < -0.4 is 4.72 Å². The highest BCUT2D eigenvalue weighted by Crippen LogP contribution is 2.43. The van der Waals surface area contributed by atoms with Gasteiger partial charge in [-0.25, -0.2) is 13.3 Å². The maximum Gasteiger partial charge on any atom is 0.232 e. The minimum atomic E-state index is -2.16. The Labute approximate surface area is 154 Å². The second-order valence-corrected chi connectivity index (χ2v) is 7.52. The molecule has 26 heavy (non-hydrogen) atoms. The van der Waals surface area contributed by atoms with E-state index >= 15 is 0 Å². The summed E-state index contributed by atoms with van der Waals surface area (Å²) in [5, 5.41) is 7.75. The average molecular weight is 382 g/mol. The first kappa shape index (κ1) is 19.1. The van der Waals surface area contributed by atoms with Gasteiger partial charge < -0.3 is 9.30 Å². The number of nitrogens with zero attached hydrogens (tertiary/aromatic N) is 3. The molecule has 9 heteroatoms. The van der Waals surface area contributed by atoms with E-state index in [2.05, 4.69) is 14.9 Å². The van der Waals surface area contributed by atoms with Gasteiger partial charge in [-0.3, -0.25) is 4.55 Å². The molecule has 1 fully saturated rings. The van der Waals surface area contributed by atoms with Crippen LogP contribution in [0.5, 0.6) is 0 Å². The van der Waals surface area contributed by atoms with Crippen molar-refractivity contribution in [2.24, 2.45) is 0 Å². The van der Waals surface area contributed by atoms with E-state index in [1.54, 1.807) is 25.8 Å². The molecule has 0 saturated heterocycles. The third-order valence-corrected chi connectivity index (χ3v) is 5.63. The summed E-state index contributed by atoms with van der Waals surface area (Å²) in [5.41, 5.74) is 1.04. The average Bonchev–Trinajstić information content (AvgIpc) is 3.16. The van der Waals surface area contributed by atoms with Crippen molar-refractivity contribution >= 4 is 11.3 Å². The summed E-state index contributed by atoms with van der Waals surface area (Å²) >= 11 is -2.16. The molecule has 0 aliphatic heterocycles. The van der Waals surface area contributed by atoms with Gasteiger partial charge in [0.25, 0.3) is 0 Å². The number of benzene rings is 1. The van der Waals surface area contributed by atoms with Gasteiger partial charge in [-0.1, -0.05) is 12.1 Å². The van der Waals surface area contributed by atoms with Gasteiger partial charge in [-0.05, 0) is 37.3 Å². The molecule has 2 N–H and O–H groups in total. The quantitative estimate of drug-likeness (QED) is 0.718. The molecule has 1 atom stereocenters. The normalized spacial score (nSPS) is 24.5. The van der Waals surface area contributed by atoms with Gasteiger partial charge in [0, 0.05) is 30.7 Å². The van der Waals surface area contributed by atoms with Crippen LogP contribution in [0, 0.1) is 5.82 Å². The van der Waals surface area contributed by atoms with Crippen molar-refractivity contribution in [3.05, 3.63) is 47.8 Å². The molecule has 1 aromatic heterocycles. The van der Waals surface area contributed by atoms with E-state index in [4.69, 9.17) is 9.29 Å². The lowest BCUT2D eigenvalue weighted by Gasteiger charge is -2.40. The molecule has 1 saturated carbocycles. The van der Waals surface area contributed by atoms with E-state index in [0.29, 0.717) is 18.2 Å². The maximum absolute atomic E-state index is 14.5. The Bertz CT molecular complexity index is 748. The van der Waals surface area contributed by atoms with Gasteiger partial charge in [0.1, 0.15) is 18.5 Å². The zero-order valence-corrected chi connectivity index (χ0v) is 15.4. The summed E-state index contributed by atoms with van der Waals surface area (Å²) in [7, 11) is 1.67. The number of hydrogen-bond donors (Lipinski definition) is 2. The molecule has 1 heterocycles. The number of methoxy groups -OCH3 is 1. The predicted molar refractivity (Wildman–Crippen MR) is 95.1 cm³/mol. The Balaban J connectivity index is 1.77. The Kier molecular flexibility index (Phi) is 6.13. The first-order valence-electron chi connectivity index (χ1n) is 8.50. The van der Waals surface area contributed by atoms with Crippen LogP contribution in [-0.2, 0) is 28.0 Å². The van der Waals surface area contributed by atoms with Crippen LogP contribution in [0.15, 0.2) is 30.9 Å². The summed E-state index contributed by atoms with van der Waals surface area (Å²) in [6, 6.07) is 5.46. The van der Waals surface area contributed by atoms with Crippen LogP contribution in [0.3, 0.4) is 0 Å². The molecule has 0 bridgehead atoms. The highest BCUT2D eigenvalue weighted by Gasteiger charge is 2.38. The van der Waals surface area contributed by atoms with Crippen molar-refractivity contribution in [3.63, 3.8) is 0 Å². The molecule has 0 radical (unpaired) electrons. The molecule has 1 aliphatic carbocycles. The molecule has 0 amide bonds. The number of hydrogen-bond acceptors (Lipinski definition) is 4. The van der Waals surface area contributed by atoms with Crippen LogP contribution in [0.2, 0.25) is 0 Å². The number of ether oxygens (including phenoxy) is 1. The Hall–Kier alpha value is -1.68. The van der Waals surface area contributed by atoms with Gasteiger partial charge in [0.05, 0.1) is 6.61 Å². The van der Waals surface area contributed by atoms with E-state index in [-0.39, 0.29) is 17.8 Å². The van der Waals surface area contributed by atoms with Crippen molar-refractivity contribution in [1.82, 2.24) is 19.5 Å². The molecule has 3 rings (SSSR count). The first-order chi connectivity index (χ1) is 12.5. The van der Waals surface area contributed by atoms with Crippen molar-refractivity contribution < 1.29 is 17.9 Å². The van der Waals surface area contributed by atoms with Crippen molar-refractivity contribution in [2.45, 2.75) is 43.7 Å². The number of nitrogens with one attached hydrogen (secondary N) is 1. The second kappa shape index (κ2) is 8.34. The molecular formula is C17H23FN4O3S. The number of aromatic nitrogens is 3. The highest BCUT2D eigenvalue weighted by atomic mass is 32.2. The standard InChI is InChI=1S/C17H23FN4O3S/c1-25-10-17(6-4-15(5-7-17)22-11-19-20-12-22)14-3-2-13(16(18)8-14)9-21-26(23)24/h2-3,8,11-12,15,21H,4-7,9-10H2,1H3,(H,23,24). The van der Waals surface area contributed by atoms with E-state index in [1.807, 2.05) is 10.6 Å². The smallest absolute Gasteiger partial charge is 0.232 e. The second-order valence-electron chi connectivity index (χ2n) is 6.73. The summed E-state index contributed by atoms with van der Waals surface area (Å²) in [6.45, 7) is 0.530. The molecule has 2 aromatic rings. The van der Waals surface area contributed by atoms with Gasteiger partial charge >= 0.3 is 0 Å². The van der Waals surface area contributed by atoms with Gasteiger partial charge in [0.2, 0.25) is 11.3 Å². The Morgan fingerprint density at radius 1 is 1.38 bits per heavy atom. The largest absolute Gasteiger partial charge is 0.384 e. The molecule has 1 unspecified atom stereocenters. The Morgan fingerprint density at radius 3 is 2.65 bits per heavy atom. The molecule has 0 spiro atoms. The first-order valence-corrected chi connectivity index (χ1v) is 9.61. The molecule has 1 aromatic carbocycles. The minimum Gasteiger partial charge on any atom is -0.384 e. The lowest BCUT2D eigenvalue weighted by molar-refractivity contribution is 0.0913. The fourth-order valence-electron chi connectivity index (χ4n) is 3.80. The lowest BCUT2D eigenvalue weighted by Crippen LogP contribution is -2.36. The minimum absolute atomic E-state index is 0.00219. The summed E-state index contributed by atoms with van der Waals surface area (Å²) in [6.07, 6.45) is 7.11. The molecule has 7 nitrogen and oxygen atoms in total. The van der Waals surface area contributed by atoms with Gasteiger partial charge in [-0.15, -0.1) is 10.2 Å². The fraction of sp³-hybridized carbons (Fsp3) is 0.529. The summed E-state index contributed by atoms with van der Waals surface area (Å²) < 4.78 is 43.8. The van der Waals surface area contributed by atoms with E-state index < -0.39 is 11.3 Å². The third-order valence-electron chi connectivity index (χ3n) is 5.24. The van der Waals surface area contributed by atoms with E-state index in [0.717, 1.165) is 31.2 Å². The van der Waals surface area contributed by atoms with Crippen LogP contribution in [-0.4, -0.2) is 37.2 Å². The number of halogens is 1. The van der Waals surface area contributed by atoms with E-state index in [1.165, 1.54) is 6.07 Å². The topological polar surface area (TPSA) is 89.3 Å². The van der Waals surface area contributed by atoms with Crippen LogP contribution >= 0.6 is 0 Å². The maximum atomic E-state index is 14.5. The van der Waals surface area contributed by atoms with Crippen molar-refractivity contribution in [3.8, 4) is 0 Å². The fourth-order valence-corrected chi connectivity index (χ4v) is 4.08. The third kappa shape index (κ3) is 4.17. The van der Waals surface area contributed by atoms with Gasteiger partial charge in [0.15, 0.2) is 0 Å². The zero-order chi connectivity index (χ0) is 18.6. The monoisotopic (exact) mass is 382 g/mol. The van der Waals surface area contributed by atoms with Crippen LogP contribution in [0.25, 0.3) is 0 Å². The van der Waals surface area contributed by atoms with E-state index in [9.17, 15) is 8.60 Å². The molecule has 142 valence electrons.